The number of amides is 1. The van der Waals surface area contributed by atoms with Crippen LogP contribution < -0.4 is 15.0 Å². The van der Waals surface area contributed by atoms with Crippen LogP contribution in [0.25, 0.3) is 10.9 Å². The molecule has 1 unspecified atom stereocenters. The number of hydrogen-bond acceptors (Lipinski definition) is 12. The summed E-state index contributed by atoms with van der Waals surface area (Å²) < 4.78 is 17.8. The minimum atomic E-state index is -2.50. The van der Waals surface area contributed by atoms with Gasteiger partial charge in [0.25, 0.3) is 5.91 Å². The molecule has 1 spiro atoms. The molecule has 1 saturated carbocycles. The van der Waals surface area contributed by atoms with E-state index in [2.05, 4.69) is 32.2 Å². The largest absolute Gasteiger partial charge is 0.496 e. The van der Waals surface area contributed by atoms with Crippen molar-refractivity contribution in [3.63, 3.8) is 0 Å². The maximum Gasteiger partial charge on any atom is 0.328 e. The third kappa shape index (κ3) is 5.91. The number of carbonyl (C=O) groups excluding carboxylic acids is 3. The number of anilines is 1. The van der Waals surface area contributed by atoms with E-state index in [1.807, 2.05) is 69.1 Å². The Morgan fingerprint density at radius 2 is 1.77 bits per heavy atom. The highest BCUT2D eigenvalue weighted by atomic mass is 16.5. The van der Waals surface area contributed by atoms with Crippen molar-refractivity contribution in [2.75, 3.05) is 65.5 Å². The molecule has 1 aromatic heterocycles. The van der Waals surface area contributed by atoms with Crippen LogP contribution in [0.5, 0.6) is 5.75 Å². The molecule has 1 aliphatic carbocycles. The molecule has 352 valence electrons. The van der Waals surface area contributed by atoms with Crippen molar-refractivity contribution in [1.29, 1.82) is 0 Å². The number of aromatic amines is 1. The highest BCUT2D eigenvalue weighted by Crippen LogP contribution is 2.71. The number of aliphatic hydroxyl groups is 3. The molecule has 2 aromatic carbocycles. The molecule has 5 aliphatic heterocycles. The van der Waals surface area contributed by atoms with Crippen LogP contribution in [0.2, 0.25) is 0 Å². The fourth-order valence-corrected chi connectivity index (χ4v) is 14.4. The highest BCUT2D eigenvalue weighted by molar-refractivity contribution is 5.97. The molecule has 6 heterocycles. The molecule has 14 heteroatoms. The Hall–Kier alpha value is -4.47. The van der Waals surface area contributed by atoms with Gasteiger partial charge in [0.15, 0.2) is 5.60 Å². The zero-order valence-electron chi connectivity index (χ0n) is 39.6. The van der Waals surface area contributed by atoms with Gasteiger partial charge in [0.1, 0.15) is 23.3 Å². The van der Waals surface area contributed by atoms with Crippen LogP contribution in [0.1, 0.15) is 96.0 Å². The lowest BCUT2D eigenvalue weighted by Gasteiger charge is -2.68. The molecule has 9 rings (SSSR count). The van der Waals surface area contributed by atoms with Crippen LogP contribution in [-0.2, 0) is 41.1 Å². The second kappa shape index (κ2) is 15.8. The molecule has 2 bridgehead atoms. The first-order valence-corrected chi connectivity index (χ1v) is 23.8. The molecule has 65 heavy (non-hydrogen) atoms. The van der Waals surface area contributed by atoms with Gasteiger partial charge in [0.2, 0.25) is 0 Å². The highest BCUT2D eigenvalue weighted by Gasteiger charge is 2.84. The lowest BCUT2D eigenvalue weighted by Crippen LogP contribution is -2.87. The molecule has 0 radical (unpaired) electrons. The number of methoxy groups -OCH3 is 2. The van der Waals surface area contributed by atoms with E-state index in [4.69, 9.17) is 14.2 Å². The van der Waals surface area contributed by atoms with Crippen molar-refractivity contribution in [3.8, 4) is 5.75 Å². The van der Waals surface area contributed by atoms with Gasteiger partial charge in [-0.2, -0.15) is 0 Å². The molecular formula is C51H69N5O9. The van der Waals surface area contributed by atoms with E-state index < -0.39 is 69.0 Å². The number of para-hydroxylation sites is 1. The van der Waals surface area contributed by atoms with Gasteiger partial charge < -0.3 is 44.7 Å². The summed E-state index contributed by atoms with van der Waals surface area (Å²) in [7, 11) is 4.88. The Kier molecular flexibility index (Phi) is 11.1. The monoisotopic (exact) mass is 896 g/mol. The van der Waals surface area contributed by atoms with Crippen molar-refractivity contribution in [1.82, 2.24) is 20.1 Å². The lowest BCUT2D eigenvalue weighted by molar-refractivity contribution is -0.224. The summed E-state index contributed by atoms with van der Waals surface area (Å²) in [6.07, 6.45) is 5.33. The summed E-state index contributed by atoms with van der Waals surface area (Å²) >= 11 is 0. The summed E-state index contributed by atoms with van der Waals surface area (Å²) in [5.74, 6) is -2.02. The van der Waals surface area contributed by atoms with Gasteiger partial charge in [-0.1, -0.05) is 58.0 Å². The first kappa shape index (κ1) is 45.7. The fourth-order valence-electron chi connectivity index (χ4n) is 14.4. The van der Waals surface area contributed by atoms with Crippen LogP contribution in [-0.4, -0.2) is 143 Å². The summed E-state index contributed by atoms with van der Waals surface area (Å²) in [6.45, 7) is 14.5. The SMILES string of the molecule is CCOC(=O)[C@@H](NC(=O)[C@@]1(O)[C@H](O)[C@]2(CC)C=CCN3CC[C@@]4(c5cc([C@@]6(C(=O)OC)C[C@H]7CN(CCc8c6[nH]c6ccccc86)C[C@](O)(CC)C7)c(OC)cc5N(C)[C@@]14C)[C@@H]32)C(C)C. The molecule has 14 nitrogen and oxygen atoms in total. The number of nitrogens with zero attached hydrogens (tertiary/aromatic N) is 3. The van der Waals surface area contributed by atoms with E-state index in [0.29, 0.717) is 88.2 Å². The maximum atomic E-state index is 15.5. The van der Waals surface area contributed by atoms with Gasteiger partial charge in [-0.15, -0.1) is 0 Å². The molecule has 3 fully saturated rings. The van der Waals surface area contributed by atoms with Crippen molar-refractivity contribution in [3.05, 3.63) is 70.9 Å². The minimum absolute atomic E-state index is 0.112. The molecule has 1 amide bonds. The number of rotatable bonds is 10. The zero-order chi connectivity index (χ0) is 46.6. The summed E-state index contributed by atoms with van der Waals surface area (Å²) in [4.78, 5) is 54.8. The van der Waals surface area contributed by atoms with E-state index in [9.17, 15) is 20.1 Å². The Bertz CT molecular complexity index is 2440. The number of aliphatic hydroxyl groups excluding tert-OH is 1. The number of likely N-dealkylation sites (N-methyl/N-ethyl adjacent to an activating group) is 1. The molecule has 5 N–H and O–H groups in total. The average molecular weight is 896 g/mol. The number of benzene rings is 2. The Balaban J connectivity index is 1.34. The Morgan fingerprint density at radius 1 is 1.02 bits per heavy atom. The zero-order valence-corrected chi connectivity index (χ0v) is 39.6. The van der Waals surface area contributed by atoms with Gasteiger partial charge in [0.05, 0.1) is 32.0 Å². The van der Waals surface area contributed by atoms with E-state index in [1.54, 1.807) is 27.9 Å². The second-order valence-electron chi connectivity index (χ2n) is 20.6. The first-order chi connectivity index (χ1) is 30.9. The van der Waals surface area contributed by atoms with Crippen LogP contribution in [0.15, 0.2) is 48.6 Å². The number of ether oxygens (including phenoxy) is 3. The van der Waals surface area contributed by atoms with Crippen LogP contribution >= 0.6 is 0 Å². The van der Waals surface area contributed by atoms with Gasteiger partial charge in [-0.05, 0) is 94.0 Å². The third-order valence-electron chi connectivity index (χ3n) is 17.6. The molecule has 3 aromatic rings. The second-order valence-corrected chi connectivity index (χ2v) is 20.6. The number of piperidine rings is 1. The Morgan fingerprint density at radius 3 is 2.45 bits per heavy atom. The normalized spacial score (nSPS) is 36.4. The average Bonchev–Trinajstić information content (AvgIpc) is 3.95. The standard InChI is InChI=1S/C51H69N5O9/c1-10-47(61)26-31-27-49(45(60)64-9,40-33(18-22-55(28-31)29-47)32-16-13-14-17-36(32)52-40)35-24-34-37(25-38(35)63-8)54(7)46(6)50(34)20-23-56-21-15-19-48(11-2,42(50)56)43(58)51(46,62)44(59)53-39(30(4)5)41(57)65-12-3/h13-17,19,24-25,30-31,39,42-43,52,58,61-62H,10-12,18,20-23,26-29H2,1-9H3,(H,53,59)/t31-,39-,42-,43+,46+,47-,48+,49-,50+,51-/m0/s1. The topological polar surface area (TPSA) is 177 Å². The van der Waals surface area contributed by atoms with Gasteiger partial charge in [-0.3, -0.25) is 19.4 Å². The maximum absolute atomic E-state index is 15.5. The number of esters is 2. The van der Waals surface area contributed by atoms with Crippen LogP contribution in [0, 0.1) is 17.3 Å². The first-order valence-electron chi connectivity index (χ1n) is 23.8. The number of nitrogens with one attached hydrogen (secondary N) is 2. The van der Waals surface area contributed by atoms with E-state index in [1.165, 1.54) is 7.11 Å². The van der Waals surface area contributed by atoms with Crippen molar-refractivity contribution in [2.45, 2.75) is 126 Å². The summed E-state index contributed by atoms with van der Waals surface area (Å²) in [5, 5.41) is 42.9. The summed E-state index contributed by atoms with van der Waals surface area (Å²) in [6, 6.07) is 10.7. The number of hydrogen-bond donors (Lipinski definition) is 5. The van der Waals surface area contributed by atoms with Crippen LogP contribution in [0.4, 0.5) is 5.69 Å². The molecule has 2 saturated heterocycles. The van der Waals surface area contributed by atoms with Crippen molar-refractivity contribution >= 4 is 34.4 Å². The van der Waals surface area contributed by atoms with Gasteiger partial charge in [0, 0.05) is 84.0 Å². The number of carbonyl (C=O) groups is 3. The van der Waals surface area contributed by atoms with Gasteiger partial charge >= 0.3 is 11.9 Å². The third-order valence-corrected chi connectivity index (χ3v) is 17.6. The lowest BCUT2D eigenvalue weighted by atomic mass is 9.42. The molecular weight excluding hydrogens is 827 g/mol. The van der Waals surface area contributed by atoms with Crippen molar-refractivity contribution < 1.29 is 43.9 Å². The minimum Gasteiger partial charge on any atom is -0.496 e. The number of H-pyrrole nitrogens is 1. The molecule has 6 aliphatic rings. The summed E-state index contributed by atoms with van der Waals surface area (Å²) in [5.41, 5.74) is -3.84. The quantitative estimate of drug-likeness (QED) is 0.144. The molecule has 11 atom stereocenters. The number of fused-ring (bicyclic) bond motifs is 6. The van der Waals surface area contributed by atoms with Crippen LogP contribution in [0.3, 0.4) is 0 Å². The number of aromatic nitrogens is 1. The predicted molar refractivity (Wildman–Crippen MR) is 247 cm³/mol. The Labute approximate surface area is 382 Å². The van der Waals surface area contributed by atoms with E-state index in [0.717, 1.165) is 27.7 Å². The van der Waals surface area contributed by atoms with Gasteiger partial charge in [-0.25, -0.2) is 4.79 Å². The van der Waals surface area contributed by atoms with E-state index in [-0.39, 0.29) is 18.4 Å². The van der Waals surface area contributed by atoms with Crippen molar-refractivity contribution in [2.24, 2.45) is 17.3 Å². The van der Waals surface area contributed by atoms with E-state index >= 15 is 9.59 Å². The smallest absolute Gasteiger partial charge is 0.328 e. The predicted octanol–water partition coefficient (Wildman–Crippen LogP) is 4.34. The fraction of sp³-hybridized carbons (Fsp3) is 0.627.